The van der Waals surface area contributed by atoms with Gasteiger partial charge >= 0.3 is 6.03 Å². The van der Waals surface area contributed by atoms with Crippen molar-refractivity contribution in [3.05, 3.63) is 30.1 Å². The molecule has 0 spiro atoms. The van der Waals surface area contributed by atoms with Gasteiger partial charge in [0, 0.05) is 24.0 Å². The fourth-order valence-electron chi connectivity index (χ4n) is 3.84. The van der Waals surface area contributed by atoms with Crippen LogP contribution in [-0.4, -0.2) is 39.4 Å². The van der Waals surface area contributed by atoms with Crippen LogP contribution in [0.15, 0.2) is 24.5 Å². The minimum Gasteiger partial charge on any atom is -0.391 e. The molecule has 24 heavy (non-hydrogen) atoms. The van der Waals surface area contributed by atoms with Crippen molar-refractivity contribution < 1.29 is 15.0 Å². The van der Waals surface area contributed by atoms with E-state index in [1.54, 1.807) is 12.4 Å². The van der Waals surface area contributed by atoms with E-state index in [0.717, 1.165) is 44.1 Å². The van der Waals surface area contributed by atoms with Gasteiger partial charge in [-0.2, -0.15) is 0 Å². The Bertz CT molecular complexity index is 544. The Balaban J connectivity index is 1.47. The number of hydrogen-bond acceptors (Lipinski definition) is 4. The highest BCUT2D eigenvalue weighted by Gasteiger charge is 2.35. The van der Waals surface area contributed by atoms with Crippen LogP contribution in [0.5, 0.6) is 0 Å². The van der Waals surface area contributed by atoms with Crippen LogP contribution in [-0.2, 0) is 5.60 Å². The Morgan fingerprint density at radius 3 is 2.58 bits per heavy atom. The SMILES string of the molecule is O=C(NC1CCC(O)(c2cccnc2)CC1)N[C@@H]1CCCC[C@H]1O. The molecule has 2 amide bonds. The van der Waals surface area contributed by atoms with E-state index < -0.39 is 11.7 Å². The molecular weight excluding hydrogens is 306 g/mol. The largest absolute Gasteiger partial charge is 0.391 e. The second-order valence-corrected chi connectivity index (χ2v) is 7.12. The first-order chi connectivity index (χ1) is 11.6. The number of amides is 2. The summed E-state index contributed by atoms with van der Waals surface area (Å²) in [7, 11) is 0. The van der Waals surface area contributed by atoms with E-state index in [-0.39, 0.29) is 18.1 Å². The fourth-order valence-corrected chi connectivity index (χ4v) is 3.84. The lowest BCUT2D eigenvalue weighted by molar-refractivity contribution is -0.00773. The normalized spacial score (nSPS) is 33.7. The zero-order chi connectivity index (χ0) is 17.0. The van der Waals surface area contributed by atoms with Gasteiger partial charge in [0.25, 0.3) is 0 Å². The first kappa shape index (κ1) is 17.2. The zero-order valence-electron chi connectivity index (χ0n) is 13.9. The molecule has 0 unspecified atom stereocenters. The van der Waals surface area contributed by atoms with Crippen LogP contribution in [0.25, 0.3) is 0 Å². The topological polar surface area (TPSA) is 94.5 Å². The van der Waals surface area contributed by atoms with Gasteiger partial charge in [0.05, 0.1) is 17.7 Å². The van der Waals surface area contributed by atoms with Crippen LogP contribution in [0.4, 0.5) is 4.79 Å². The predicted octanol–water partition coefficient (Wildman–Crippen LogP) is 1.81. The highest BCUT2D eigenvalue weighted by Crippen LogP contribution is 2.36. The van der Waals surface area contributed by atoms with E-state index in [0.29, 0.717) is 12.8 Å². The standard InChI is InChI=1S/C18H27N3O3/c22-16-6-2-1-5-15(16)21-17(23)20-14-7-9-18(24,10-8-14)13-4-3-11-19-12-13/h3-4,11-12,14-16,22,24H,1-2,5-10H2,(H2,20,21,23)/t14?,15-,16-,18?/m1/s1. The number of carbonyl (C=O) groups excluding carboxylic acids is 1. The average Bonchev–Trinajstić information content (AvgIpc) is 2.60. The third-order valence-corrected chi connectivity index (χ3v) is 5.39. The lowest BCUT2D eigenvalue weighted by Crippen LogP contribution is -2.52. The zero-order valence-corrected chi connectivity index (χ0v) is 13.9. The monoisotopic (exact) mass is 333 g/mol. The van der Waals surface area contributed by atoms with Gasteiger partial charge in [0.15, 0.2) is 0 Å². The quantitative estimate of drug-likeness (QED) is 0.678. The minimum absolute atomic E-state index is 0.0580. The molecule has 0 radical (unpaired) electrons. The van der Waals surface area contributed by atoms with Crippen molar-refractivity contribution >= 4 is 6.03 Å². The van der Waals surface area contributed by atoms with Crippen LogP contribution in [0.1, 0.15) is 56.9 Å². The number of hydrogen-bond donors (Lipinski definition) is 4. The third kappa shape index (κ3) is 4.05. The summed E-state index contributed by atoms with van der Waals surface area (Å²) in [6, 6.07) is 3.44. The number of nitrogens with zero attached hydrogens (tertiary/aromatic N) is 1. The molecule has 4 N–H and O–H groups in total. The maximum absolute atomic E-state index is 12.2. The Morgan fingerprint density at radius 2 is 1.92 bits per heavy atom. The summed E-state index contributed by atoms with van der Waals surface area (Å²) < 4.78 is 0. The van der Waals surface area contributed by atoms with Crippen LogP contribution in [0, 0.1) is 0 Å². The second-order valence-electron chi connectivity index (χ2n) is 7.12. The van der Waals surface area contributed by atoms with Crippen molar-refractivity contribution in [1.29, 1.82) is 0 Å². The average molecular weight is 333 g/mol. The smallest absolute Gasteiger partial charge is 0.315 e. The first-order valence-corrected chi connectivity index (χ1v) is 8.95. The number of rotatable bonds is 3. The van der Waals surface area contributed by atoms with Crippen LogP contribution in [0.3, 0.4) is 0 Å². The molecule has 2 saturated carbocycles. The van der Waals surface area contributed by atoms with Crippen molar-refractivity contribution in [1.82, 2.24) is 15.6 Å². The maximum atomic E-state index is 12.2. The Morgan fingerprint density at radius 1 is 1.17 bits per heavy atom. The molecule has 2 atom stereocenters. The minimum atomic E-state index is -0.845. The summed E-state index contributed by atoms with van der Waals surface area (Å²) in [5, 5.41) is 26.6. The Hall–Kier alpha value is -1.66. The van der Waals surface area contributed by atoms with Crippen molar-refractivity contribution in [2.45, 2.75) is 75.2 Å². The summed E-state index contributed by atoms with van der Waals surface area (Å²) in [6.45, 7) is 0. The highest BCUT2D eigenvalue weighted by molar-refractivity contribution is 5.74. The number of urea groups is 1. The van der Waals surface area contributed by atoms with Gasteiger partial charge in [-0.1, -0.05) is 18.9 Å². The predicted molar refractivity (Wildman–Crippen MR) is 90.3 cm³/mol. The molecule has 2 aliphatic rings. The van der Waals surface area contributed by atoms with Crippen molar-refractivity contribution in [3.8, 4) is 0 Å². The summed E-state index contributed by atoms with van der Waals surface area (Å²) in [5.41, 5.74) is 0.000821. The van der Waals surface area contributed by atoms with Gasteiger partial charge in [-0.25, -0.2) is 4.79 Å². The van der Waals surface area contributed by atoms with E-state index in [1.165, 1.54) is 0 Å². The Labute approximate surface area is 142 Å². The number of aliphatic hydroxyl groups is 2. The molecule has 6 nitrogen and oxygen atoms in total. The van der Waals surface area contributed by atoms with Crippen molar-refractivity contribution in [3.63, 3.8) is 0 Å². The molecule has 2 aliphatic carbocycles. The molecule has 6 heteroatoms. The second kappa shape index (κ2) is 7.49. The van der Waals surface area contributed by atoms with Crippen molar-refractivity contribution in [2.75, 3.05) is 0 Å². The molecule has 1 aromatic rings. The number of aromatic nitrogens is 1. The van der Waals surface area contributed by atoms with Gasteiger partial charge in [-0.05, 0) is 44.6 Å². The van der Waals surface area contributed by atoms with E-state index in [1.807, 2.05) is 12.1 Å². The lowest BCUT2D eigenvalue weighted by Gasteiger charge is -2.37. The molecule has 0 aliphatic heterocycles. The fraction of sp³-hybridized carbons (Fsp3) is 0.667. The van der Waals surface area contributed by atoms with Gasteiger partial charge < -0.3 is 20.8 Å². The maximum Gasteiger partial charge on any atom is 0.315 e. The molecule has 3 rings (SSSR count). The van der Waals surface area contributed by atoms with E-state index >= 15 is 0 Å². The van der Waals surface area contributed by atoms with Crippen LogP contribution in [0.2, 0.25) is 0 Å². The summed E-state index contributed by atoms with van der Waals surface area (Å²) >= 11 is 0. The van der Waals surface area contributed by atoms with Gasteiger partial charge in [0.2, 0.25) is 0 Å². The molecular formula is C18H27N3O3. The molecule has 2 fully saturated rings. The number of nitrogens with one attached hydrogen (secondary N) is 2. The van der Waals surface area contributed by atoms with E-state index in [2.05, 4.69) is 15.6 Å². The molecule has 0 bridgehead atoms. The molecule has 1 aromatic heterocycles. The summed E-state index contributed by atoms with van der Waals surface area (Å²) in [4.78, 5) is 16.2. The van der Waals surface area contributed by atoms with Gasteiger partial charge in [-0.3, -0.25) is 4.98 Å². The third-order valence-electron chi connectivity index (χ3n) is 5.39. The van der Waals surface area contributed by atoms with Crippen molar-refractivity contribution in [2.24, 2.45) is 0 Å². The molecule has 0 aromatic carbocycles. The number of carbonyl (C=O) groups is 1. The van der Waals surface area contributed by atoms with Crippen LogP contribution < -0.4 is 10.6 Å². The number of aliphatic hydroxyl groups excluding tert-OH is 1. The summed E-state index contributed by atoms with van der Waals surface area (Å²) in [5.74, 6) is 0. The van der Waals surface area contributed by atoms with Crippen LogP contribution >= 0.6 is 0 Å². The highest BCUT2D eigenvalue weighted by atomic mass is 16.3. The van der Waals surface area contributed by atoms with E-state index in [9.17, 15) is 15.0 Å². The molecule has 132 valence electrons. The van der Waals surface area contributed by atoms with Gasteiger partial charge in [0.1, 0.15) is 0 Å². The first-order valence-electron chi connectivity index (χ1n) is 8.95. The van der Waals surface area contributed by atoms with E-state index in [4.69, 9.17) is 0 Å². The molecule has 1 heterocycles. The lowest BCUT2D eigenvalue weighted by atomic mass is 9.78. The number of pyridine rings is 1. The molecule has 0 saturated heterocycles. The Kier molecular flexibility index (Phi) is 5.36. The summed E-state index contributed by atoms with van der Waals surface area (Å²) in [6.07, 6.45) is 9.30. The van der Waals surface area contributed by atoms with Gasteiger partial charge in [-0.15, -0.1) is 0 Å².